The molecule has 8 nitrogen and oxygen atoms in total. The van der Waals surface area contributed by atoms with Crippen LogP contribution in [0.2, 0.25) is 0 Å². The zero-order chi connectivity index (χ0) is 15.4. The second-order valence-electron chi connectivity index (χ2n) is 4.53. The summed E-state index contributed by atoms with van der Waals surface area (Å²) in [5.74, 6) is 1.09. The molecule has 22 heavy (non-hydrogen) atoms. The van der Waals surface area contributed by atoms with E-state index in [9.17, 15) is 4.79 Å². The molecular weight excluding hydrogens is 286 g/mol. The molecule has 8 heteroatoms. The Morgan fingerprint density at radius 2 is 2.23 bits per heavy atom. The second-order valence-corrected chi connectivity index (χ2v) is 4.53. The van der Waals surface area contributed by atoms with E-state index >= 15 is 0 Å². The van der Waals surface area contributed by atoms with Gasteiger partial charge in [-0.3, -0.25) is 9.78 Å². The van der Waals surface area contributed by atoms with Crippen molar-refractivity contribution in [1.82, 2.24) is 25.6 Å². The van der Waals surface area contributed by atoms with E-state index in [4.69, 9.17) is 9.05 Å². The number of nitrogens with zero attached hydrogens (tertiary/aromatic N) is 4. The molecule has 3 heterocycles. The molecule has 0 radical (unpaired) electrons. The molecule has 1 amide bonds. The highest BCUT2D eigenvalue weighted by Crippen LogP contribution is 2.12. The van der Waals surface area contributed by atoms with Crippen LogP contribution < -0.4 is 5.32 Å². The monoisotopic (exact) mass is 299 g/mol. The molecule has 0 aliphatic rings. The van der Waals surface area contributed by atoms with E-state index < -0.39 is 0 Å². The Morgan fingerprint density at radius 1 is 1.32 bits per heavy atom. The van der Waals surface area contributed by atoms with Crippen LogP contribution in [0.4, 0.5) is 0 Å². The van der Waals surface area contributed by atoms with Crippen molar-refractivity contribution in [2.24, 2.45) is 0 Å². The van der Waals surface area contributed by atoms with Gasteiger partial charge in [0.25, 0.3) is 5.91 Å². The fourth-order valence-corrected chi connectivity index (χ4v) is 1.85. The van der Waals surface area contributed by atoms with Gasteiger partial charge in [-0.05, 0) is 19.1 Å². The normalized spacial score (nSPS) is 10.6. The molecule has 0 spiro atoms. The van der Waals surface area contributed by atoms with Gasteiger partial charge in [0, 0.05) is 19.2 Å². The average molecular weight is 299 g/mol. The first-order chi connectivity index (χ1) is 10.7. The molecule has 0 aliphatic heterocycles. The average Bonchev–Trinajstić information content (AvgIpc) is 3.17. The third kappa shape index (κ3) is 3.00. The van der Waals surface area contributed by atoms with Gasteiger partial charge in [-0.25, -0.2) is 0 Å². The van der Waals surface area contributed by atoms with Gasteiger partial charge >= 0.3 is 0 Å². The molecule has 3 rings (SSSR count). The smallest absolute Gasteiger partial charge is 0.256 e. The number of hydrogen-bond donors (Lipinski definition) is 1. The zero-order valence-corrected chi connectivity index (χ0v) is 11.8. The molecule has 3 aromatic heterocycles. The van der Waals surface area contributed by atoms with Crippen LogP contribution in [0, 0.1) is 6.92 Å². The Bertz CT molecular complexity index is 766. The predicted molar refractivity (Wildman–Crippen MR) is 74.8 cm³/mol. The highest BCUT2D eigenvalue weighted by Gasteiger charge is 2.13. The summed E-state index contributed by atoms with van der Waals surface area (Å²) in [6.07, 6.45) is 3.47. The van der Waals surface area contributed by atoms with Gasteiger partial charge in [-0.1, -0.05) is 16.4 Å². The lowest BCUT2D eigenvalue weighted by molar-refractivity contribution is 0.0952. The summed E-state index contributed by atoms with van der Waals surface area (Å²) in [4.78, 5) is 20.2. The number of aryl methyl sites for hydroxylation is 1. The number of nitrogens with one attached hydrogen (secondary N) is 1. The summed E-state index contributed by atoms with van der Waals surface area (Å²) in [5.41, 5.74) is 1.06. The highest BCUT2D eigenvalue weighted by atomic mass is 16.5. The number of rotatable bonds is 5. The fraction of sp³-hybridized carbons (Fsp3) is 0.214. The Hall–Kier alpha value is -3.03. The Kier molecular flexibility index (Phi) is 3.90. The van der Waals surface area contributed by atoms with Gasteiger partial charge < -0.3 is 14.4 Å². The van der Waals surface area contributed by atoms with Crippen molar-refractivity contribution in [3.05, 3.63) is 47.8 Å². The van der Waals surface area contributed by atoms with Crippen molar-refractivity contribution in [3.63, 3.8) is 0 Å². The maximum Gasteiger partial charge on any atom is 0.256 e. The molecule has 0 atom stereocenters. The molecule has 1 N–H and O–H groups in total. The van der Waals surface area contributed by atoms with Crippen molar-refractivity contribution in [2.45, 2.75) is 13.3 Å². The first-order valence-corrected chi connectivity index (χ1v) is 6.67. The van der Waals surface area contributed by atoms with Gasteiger partial charge in [0.1, 0.15) is 17.0 Å². The van der Waals surface area contributed by atoms with Crippen LogP contribution in [-0.4, -0.2) is 32.7 Å². The van der Waals surface area contributed by atoms with Gasteiger partial charge in [0.05, 0.1) is 6.20 Å². The quantitative estimate of drug-likeness (QED) is 0.758. The van der Waals surface area contributed by atoms with Gasteiger partial charge in [-0.2, -0.15) is 4.98 Å². The molecule has 3 aromatic rings. The summed E-state index contributed by atoms with van der Waals surface area (Å²) in [7, 11) is 0. The predicted octanol–water partition coefficient (Wildman–Crippen LogP) is 1.40. The second kappa shape index (κ2) is 6.17. The molecule has 0 aliphatic carbocycles. The molecule has 0 fully saturated rings. The Balaban J connectivity index is 1.56. The van der Waals surface area contributed by atoms with Gasteiger partial charge in [0.2, 0.25) is 11.7 Å². The molecule has 0 aromatic carbocycles. The molecular formula is C14H13N5O3. The van der Waals surface area contributed by atoms with Crippen molar-refractivity contribution in [1.29, 1.82) is 0 Å². The molecule has 0 saturated carbocycles. The number of pyridine rings is 1. The van der Waals surface area contributed by atoms with E-state index in [1.165, 1.54) is 6.20 Å². The van der Waals surface area contributed by atoms with E-state index in [1.807, 2.05) is 12.1 Å². The first-order valence-electron chi connectivity index (χ1n) is 6.67. The first kappa shape index (κ1) is 13.9. The Morgan fingerprint density at radius 3 is 2.95 bits per heavy atom. The minimum atomic E-state index is -0.247. The van der Waals surface area contributed by atoms with Crippen molar-refractivity contribution >= 4 is 5.91 Å². The van der Waals surface area contributed by atoms with E-state index in [0.717, 1.165) is 0 Å². The lowest BCUT2D eigenvalue weighted by Gasteiger charge is -2.00. The van der Waals surface area contributed by atoms with Crippen LogP contribution in [-0.2, 0) is 6.42 Å². The van der Waals surface area contributed by atoms with Gasteiger partial charge in [-0.15, -0.1) is 0 Å². The molecule has 112 valence electrons. The number of carbonyl (C=O) groups excluding carboxylic acids is 1. The summed E-state index contributed by atoms with van der Waals surface area (Å²) in [5, 5.41) is 10.2. The number of hydrogen-bond acceptors (Lipinski definition) is 7. The third-order valence-corrected chi connectivity index (χ3v) is 2.98. The zero-order valence-electron chi connectivity index (χ0n) is 11.8. The SMILES string of the molecule is Cc1oncc1C(=O)NCCc1nc(-c2ccccn2)no1. The van der Waals surface area contributed by atoms with Crippen LogP contribution in [0.25, 0.3) is 11.5 Å². The largest absolute Gasteiger partial charge is 0.361 e. The highest BCUT2D eigenvalue weighted by molar-refractivity contribution is 5.94. The molecule has 0 bridgehead atoms. The van der Waals surface area contributed by atoms with E-state index in [0.29, 0.717) is 41.7 Å². The van der Waals surface area contributed by atoms with Crippen molar-refractivity contribution in [2.75, 3.05) is 6.54 Å². The van der Waals surface area contributed by atoms with E-state index in [2.05, 4.69) is 25.6 Å². The maximum absolute atomic E-state index is 11.9. The van der Waals surface area contributed by atoms with E-state index in [-0.39, 0.29) is 5.91 Å². The Labute approximate surface area is 125 Å². The number of aromatic nitrogens is 4. The van der Waals surface area contributed by atoms with Crippen molar-refractivity contribution in [3.8, 4) is 11.5 Å². The summed E-state index contributed by atoms with van der Waals surface area (Å²) in [6, 6.07) is 5.46. The minimum Gasteiger partial charge on any atom is -0.361 e. The maximum atomic E-state index is 11.9. The van der Waals surface area contributed by atoms with Crippen LogP contribution in [0.3, 0.4) is 0 Å². The van der Waals surface area contributed by atoms with Crippen LogP contribution in [0.5, 0.6) is 0 Å². The summed E-state index contributed by atoms with van der Waals surface area (Å²) >= 11 is 0. The lowest BCUT2D eigenvalue weighted by atomic mass is 10.2. The number of carbonyl (C=O) groups is 1. The summed E-state index contributed by atoms with van der Waals surface area (Å²) < 4.78 is 9.98. The van der Waals surface area contributed by atoms with Crippen LogP contribution in [0.1, 0.15) is 22.0 Å². The topological polar surface area (TPSA) is 107 Å². The third-order valence-electron chi connectivity index (χ3n) is 2.98. The molecule has 0 unspecified atom stereocenters. The molecule has 0 saturated heterocycles. The minimum absolute atomic E-state index is 0.247. The van der Waals surface area contributed by atoms with Crippen molar-refractivity contribution < 1.29 is 13.8 Å². The van der Waals surface area contributed by atoms with Crippen LogP contribution in [0.15, 0.2) is 39.6 Å². The number of amides is 1. The van der Waals surface area contributed by atoms with Crippen LogP contribution >= 0.6 is 0 Å². The summed E-state index contributed by atoms with van der Waals surface area (Å²) in [6.45, 7) is 2.05. The van der Waals surface area contributed by atoms with E-state index in [1.54, 1.807) is 19.2 Å². The fourth-order valence-electron chi connectivity index (χ4n) is 1.85. The lowest BCUT2D eigenvalue weighted by Crippen LogP contribution is -2.25. The van der Waals surface area contributed by atoms with Gasteiger partial charge in [0.15, 0.2) is 0 Å². The standard InChI is InChI=1S/C14H13N5O3/c1-9-10(8-17-21-9)14(20)16-7-5-12-18-13(19-22-12)11-4-2-3-6-15-11/h2-4,6,8H,5,7H2,1H3,(H,16,20).